The monoisotopic (exact) mass is 424 g/mol. The third-order valence-electron chi connectivity index (χ3n) is 3.76. The Morgan fingerprint density at radius 2 is 1.81 bits per heavy atom. The highest BCUT2D eigenvalue weighted by atomic mass is 79.9. The predicted octanol–water partition coefficient (Wildman–Crippen LogP) is 4.40. The smallest absolute Gasteiger partial charge is 0.262 e. The molecule has 5 nitrogen and oxygen atoms in total. The number of nitrogens with one attached hydrogen (secondary N) is 1. The first-order chi connectivity index (χ1) is 13.0. The lowest BCUT2D eigenvalue weighted by molar-refractivity contribution is -0.118. The second-order valence-electron chi connectivity index (χ2n) is 5.92. The van der Waals surface area contributed by atoms with Gasteiger partial charge in [0.25, 0.3) is 5.91 Å². The Labute approximate surface area is 165 Å². The molecule has 0 fully saturated rings. The number of halogens is 1. The largest absolute Gasteiger partial charge is 0.484 e. The summed E-state index contributed by atoms with van der Waals surface area (Å²) in [5.74, 6) is 0.144. The minimum Gasteiger partial charge on any atom is -0.484 e. The summed E-state index contributed by atoms with van der Waals surface area (Å²) >= 11 is 3.39. The fourth-order valence-corrected chi connectivity index (χ4v) is 2.94. The summed E-state index contributed by atoms with van der Waals surface area (Å²) in [6.07, 6.45) is 3.29. The van der Waals surface area contributed by atoms with Gasteiger partial charge in [0.2, 0.25) is 0 Å². The van der Waals surface area contributed by atoms with Crippen LogP contribution >= 0.6 is 15.9 Å². The molecule has 0 saturated carbocycles. The zero-order chi connectivity index (χ0) is 19.2. The van der Waals surface area contributed by atoms with E-state index in [1.807, 2.05) is 31.2 Å². The van der Waals surface area contributed by atoms with E-state index in [0.717, 1.165) is 10.0 Å². The molecule has 27 heavy (non-hydrogen) atoms. The molecule has 0 aliphatic rings. The van der Waals surface area contributed by atoms with Gasteiger partial charge in [0.1, 0.15) is 5.75 Å². The van der Waals surface area contributed by atoms with Crippen molar-refractivity contribution in [2.45, 2.75) is 6.92 Å². The van der Waals surface area contributed by atoms with E-state index in [2.05, 4.69) is 26.2 Å². The van der Waals surface area contributed by atoms with E-state index in [1.54, 1.807) is 42.7 Å². The fraction of sp³-hybridized carbons (Fsp3) is 0.0952. The lowest BCUT2D eigenvalue weighted by Crippen LogP contribution is -2.20. The molecule has 3 aromatic rings. The molecule has 0 saturated heterocycles. The number of ketones is 1. The molecule has 0 aliphatic carbocycles. The third kappa shape index (κ3) is 5.01. The zero-order valence-corrected chi connectivity index (χ0v) is 16.2. The van der Waals surface area contributed by atoms with Crippen LogP contribution in [0.25, 0.3) is 0 Å². The summed E-state index contributed by atoms with van der Waals surface area (Å²) in [4.78, 5) is 28.5. The van der Waals surface area contributed by atoms with Crippen LogP contribution in [0.5, 0.6) is 5.75 Å². The van der Waals surface area contributed by atoms with E-state index in [0.29, 0.717) is 22.6 Å². The Balaban J connectivity index is 1.58. The number of carbonyl (C=O) groups excluding carboxylic acids is 2. The van der Waals surface area contributed by atoms with E-state index in [-0.39, 0.29) is 18.3 Å². The molecule has 1 N–H and O–H groups in total. The highest BCUT2D eigenvalue weighted by Gasteiger charge is 2.12. The van der Waals surface area contributed by atoms with Crippen LogP contribution in [0.2, 0.25) is 0 Å². The van der Waals surface area contributed by atoms with Crippen LogP contribution in [0.4, 0.5) is 5.69 Å². The van der Waals surface area contributed by atoms with Crippen LogP contribution in [0.15, 0.2) is 71.5 Å². The predicted molar refractivity (Wildman–Crippen MR) is 107 cm³/mol. The summed E-state index contributed by atoms with van der Waals surface area (Å²) in [5.41, 5.74) is 2.72. The Hall–Kier alpha value is -2.99. The van der Waals surface area contributed by atoms with Gasteiger partial charge in [-0.05, 0) is 55.0 Å². The number of rotatable bonds is 6. The molecule has 6 heteroatoms. The molecule has 3 rings (SSSR count). The number of carbonyl (C=O) groups is 2. The van der Waals surface area contributed by atoms with Crippen molar-refractivity contribution in [2.24, 2.45) is 0 Å². The van der Waals surface area contributed by atoms with Crippen LogP contribution < -0.4 is 10.1 Å². The molecule has 0 atom stereocenters. The van der Waals surface area contributed by atoms with Crippen LogP contribution in [0, 0.1) is 6.92 Å². The van der Waals surface area contributed by atoms with Crippen molar-refractivity contribution in [3.8, 4) is 5.75 Å². The van der Waals surface area contributed by atoms with Gasteiger partial charge in [0.15, 0.2) is 12.4 Å². The molecule has 0 radical (unpaired) electrons. The number of hydrogen-bond acceptors (Lipinski definition) is 4. The normalized spacial score (nSPS) is 10.3. The molecule has 1 heterocycles. The van der Waals surface area contributed by atoms with Gasteiger partial charge in [-0.15, -0.1) is 0 Å². The van der Waals surface area contributed by atoms with E-state index in [4.69, 9.17) is 4.74 Å². The topological polar surface area (TPSA) is 68.3 Å². The quantitative estimate of drug-likeness (QED) is 0.595. The maximum atomic E-state index is 12.5. The van der Waals surface area contributed by atoms with Crippen LogP contribution in [-0.4, -0.2) is 23.3 Å². The fourth-order valence-electron chi connectivity index (χ4n) is 2.47. The van der Waals surface area contributed by atoms with Crippen LogP contribution in [-0.2, 0) is 4.79 Å². The van der Waals surface area contributed by atoms with Crippen molar-refractivity contribution in [1.82, 2.24) is 4.98 Å². The zero-order valence-electron chi connectivity index (χ0n) is 14.6. The Morgan fingerprint density at radius 3 is 2.52 bits per heavy atom. The van der Waals surface area contributed by atoms with Crippen molar-refractivity contribution in [2.75, 3.05) is 11.9 Å². The minimum atomic E-state index is -0.282. The summed E-state index contributed by atoms with van der Waals surface area (Å²) in [6, 6.07) is 15.8. The maximum Gasteiger partial charge on any atom is 0.262 e. The molecule has 1 aromatic heterocycles. The standard InChI is InChI=1S/C21H17BrN2O3/c1-14-10-16(12-23-11-14)24-20(25)13-27-17-8-6-15(7-9-17)21(26)18-4-2-3-5-19(18)22/h2-12H,13H2,1H3,(H,24,25). The molecule has 0 spiro atoms. The first-order valence-corrected chi connectivity index (χ1v) is 9.06. The van der Waals surface area contributed by atoms with Crippen molar-refractivity contribution in [3.05, 3.63) is 88.2 Å². The number of ether oxygens (including phenoxy) is 1. The highest BCUT2D eigenvalue weighted by Crippen LogP contribution is 2.21. The summed E-state index contributed by atoms with van der Waals surface area (Å²) in [6.45, 7) is 1.77. The van der Waals surface area contributed by atoms with Gasteiger partial charge in [-0.25, -0.2) is 0 Å². The number of anilines is 1. The average Bonchev–Trinajstić information content (AvgIpc) is 2.67. The van der Waals surface area contributed by atoms with Gasteiger partial charge in [-0.1, -0.05) is 28.1 Å². The Bertz CT molecular complexity index is 971. The molecule has 2 aromatic carbocycles. The first kappa shape index (κ1) is 18.8. The summed E-state index contributed by atoms with van der Waals surface area (Å²) < 4.78 is 6.23. The number of aromatic nitrogens is 1. The number of pyridine rings is 1. The van der Waals surface area contributed by atoms with Crippen molar-refractivity contribution >= 4 is 33.3 Å². The van der Waals surface area contributed by atoms with Gasteiger partial charge in [-0.3, -0.25) is 14.6 Å². The van der Waals surface area contributed by atoms with E-state index >= 15 is 0 Å². The second-order valence-corrected chi connectivity index (χ2v) is 6.78. The van der Waals surface area contributed by atoms with Crippen molar-refractivity contribution < 1.29 is 14.3 Å². The van der Waals surface area contributed by atoms with Gasteiger partial charge < -0.3 is 10.1 Å². The highest BCUT2D eigenvalue weighted by molar-refractivity contribution is 9.10. The number of benzene rings is 2. The molecule has 0 bridgehead atoms. The van der Waals surface area contributed by atoms with Gasteiger partial charge in [0, 0.05) is 21.8 Å². The summed E-state index contributed by atoms with van der Waals surface area (Å²) in [5, 5.41) is 2.72. The van der Waals surface area contributed by atoms with Crippen molar-refractivity contribution in [1.29, 1.82) is 0 Å². The minimum absolute atomic E-state index is 0.0845. The molecule has 0 aliphatic heterocycles. The molecular weight excluding hydrogens is 408 g/mol. The Morgan fingerprint density at radius 1 is 1.07 bits per heavy atom. The maximum absolute atomic E-state index is 12.5. The third-order valence-corrected chi connectivity index (χ3v) is 4.46. The van der Waals surface area contributed by atoms with Gasteiger partial charge in [-0.2, -0.15) is 0 Å². The number of amides is 1. The average molecular weight is 425 g/mol. The molecule has 136 valence electrons. The summed E-state index contributed by atoms with van der Waals surface area (Å²) in [7, 11) is 0. The van der Waals surface area contributed by atoms with Crippen LogP contribution in [0.3, 0.4) is 0 Å². The first-order valence-electron chi connectivity index (χ1n) is 8.26. The number of hydrogen-bond donors (Lipinski definition) is 1. The molecule has 1 amide bonds. The van der Waals surface area contributed by atoms with E-state index in [1.165, 1.54) is 0 Å². The number of aryl methyl sites for hydroxylation is 1. The lowest BCUT2D eigenvalue weighted by Gasteiger charge is -2.09. The van der Waals surface area contributed by atoms with E-state index < -0.39 is 0 Å². The van der Waals surface area contributed by atoms with Crippen molar-refractivity contribution in [3.63, 3.8) is 0 Å². The SMILES string of the molecule is Cc1cncc(NC(=O)COc2ccc(C(=O)c3ccccc3Br)cc2)c1. The van der Waals surface area contributed by atoms with E-state index in [9.17, 15) is 9.59 Å². The molecular formula is C21H17BrN2O3. The lowest BCUT2D eigenvalue weighted by atomic mass is 10.0. The molecule has 0 unspecified atom stereocenters. The van der Waals surface area contributed by atoms with Gasteiger partial charge >= 0.3 is 0 Å². The number of nitrogens with zero attached hydrogens (tertiary/aromatic N) is 1. The van der Waals surface area contributed by atoms with Gasteiger partial charge in [0.05, 0.1) is 11.9 Å². The second kappa shape index (κ2) is 8.60. The Kier molecular flexibility index (Phi) is 5.98. The van der Waals surface area contributed by atoms with Crippen LogP contribution in [0.1, 0.15) is 21.5 Å².